The molecular formula is C27H32N6O5S. The molecule has 0 amide bonds. The van der Waals surface area contributed by atoms with Gasteiger partial charge in [0.25, 0.3) is 0 Å². The third-order valence-corrected chi connectivity index (χ3v) is 8.15. The molecule has 4 aromatic rings. The molecule has 0 aliphatic carbocycles. The molecule has 3 heterocycles. The number of nitrogens with zero attached hydrogens (tertiary/aromatic N) is 6. The van der Waals surface area contributed by atoms with Crippen molar-refractivity contribution in [1.29, 1.82) is 0 Å². The Balaban J connectivity index is 1.85. The fourth-order valence-electron chi connectivity index (χ4n) is 4.23. The van der Waals surface area contributed by atoms with E-state index in [9.17, 15) is 8.42 Å². The Morgan fingerprint density at radius 1 is 0.949 bits per heavy atom. The number of rotatable bonds is 11. The topological polar surface area (TPSA) is 131 Å². The molecule has 3 aromatic heterocycles. The Bertz CT molecular complexity index is 1500. The summed E-state index contributed by atoms with van der Waals surface area (Å²) in [6.07, 6.45) is 6.86. The van der Waals surface area contributed by atoms with Crippen LogP contribution in [-0.2, 0) is 20.3 Å². The molecule has 1 aromatic carbocycles. The van der Waals surface area contributed by atoms with Crippen LogP contribution in [0.1, 0.15) is 44.0 Å². The quantitative estimate of drug-likeness (QED) is 0.270. The summed E-state index contributed by atoms with van der Waals surface area (Å²) in [4.78, 5) is 12.7. The Labute approximate surface area is 228 Å². The number of methoxy groups -OCH3 is 2. The van der Waals surface area contributed by atoms with Crippen LogP contribution in [0.25, 0.3) is 17.1 Å². The summed E-state index contributed by atoms with van der Waals surface area (Å²) in [6.45, 7) is 7.20. The zero-order chi connectivity index (χ0) is 28.2. The van der Waals surface area contributed by atoms with Crippen molar-refractivity contribution in [2.24, 2.45) is 0 Å². The van der Waals surface area contributed by atoms with Gasteiger partial charge in [0.05, 0.1) is 37.5 Å². The number of benzene rings is 1. The molecule has 0 aliphatic heterocycles. The average Bonchev–Trinajstić information content (AvgIpc) is 3.33. The van der Waals surface area contributed by atoms with Gasteiger partial charge in [0.2, 0.25) is 0 Å². The van der Waals surface area contributed by atoms with Crippen LogP contribution >= 0.6 is 0 Å². The second-order valence-electron chi connectivity index (χ2n) is 9.29. The highest BCUT2D eigenvalue weighted by Crippen LogP contribution is 2.37. The predicted octanol–water partition coefficient (Wildman–Crippen LogP) is 3.91. The van der Waals surface area contributed by atoms with Gasteiger partial charge in [-0.15, -0.1) is 10.2 Å². The Hall–Kier alpha value is -3.90. The number of hydrogen-bond donors (Lipinski definition) is 0. The van der Waals surface area contributed by atoms with E-state index in [2.05, 4.69) is 25.1 Å². The summed E-state index contributed by atoms with van der Waals surface area (Å²) in [7, 11) is -0.803. The van der Waals surface area contributed by atoms with E-state index in [1.54, 1.807) is 42.1 Å². The molecule has 0 radical (unpaired) electrons. The normalized spacial score (nSPS) is 13.3. The van der Waals surface area contributed by atoms with Crippen LogP contribution in [0.4, 0.5) is 0 Å². The van der Waals surface area contributed by atoms with Gasteiger partial charge in [-0.05, 0) is 51.5 Å². The van der Waals surface area contributed by atoms with E-state index >= 15 is 0 Å². The van der Waals surface area contributed by atoms with Crippen molar-refractivity contribution in [3.05, 3.63) is 72.3 Å². The van der Waals surface area contributed by atoms with E-state index in [-0.39, 0.29) is 11.9 Å². The highest BCUT2D eigenvalue weighted by atomic mass is 32.2. The molecule has 39 heavy (non-hydrogen) atoms. The second kappa shape index (κ2) is 11.9. The summed E-state index contributed by atoms with van der Waals surface area (Å²) in [5.74, 6) is 1.07. The van der Waals surface area contributed by atoms with Gasteiger partial charge in [-0.1, -0.05) is 6.07 Å². The molecule has 0 aliphatic rings. The average molecular weight is 553 g/mol. The highest BCUT2D eigenvalue weighted by molar-refractivity contribution is 7.91. The molecule has 0 spiro atoms. The Kier molecular flexibility index (Phi) is 8.56. The van der Waals surface area contributed by atoms with Gasteiger partial charge in [-0.25, -0.2) is 8.42 Å². The number of para-hydroxylation sites is 1. The second-order valence-corrected chi connectivity index (χ2v) is 11.6. The first-order valence-electron chi connectivity index (χ1n) is 12.4. The summed E-state index contributed by atoms with van der Waals surface area (Å²) in [5.41, 5.74) is 2.48. The van der Waals surface area contributed by atoms with Crippen molar-refractivity contribution in [1.82, 2.24) is 29.7 Å². The number of pyridine rings is 1. The number of aryl methyl sites for hydroxylation is 1. The van der Waals surface area contributed by atoms with Crippen LogP contribution in [0.2, 0.25) is 0 Å². The molecule has 0 fully saturated rings. The van der Waals surface area contributed by atoms with Crippen LogP contribution in [-0.4, -0.2) is 63.7 Å². The molecule has 0 bridgehead atoms. The third kappa shape index (κ3) is 6.07. The SMILES string of the molecule is COc1cccc(OC)c1-n1c(CS(=O)(=O)[C@H](C)[C@H](OC(C)C)c2cnccn2)nnc1-c1cncc(C)c1. The van der Waals surface area contributed by atoms with Crippen molar-refractivity contribution in [2.75, 3.05) is 14.2 Å². The maximum Gasteiger partial charge on any atom is 0.170 e. The summed E-state index contributed by atoms with van der Waals surface area (Å²) < 4.78 is 46.8. The first-order chi connectivity index (χ1) is 18.7. The summed E-state index contributed by atoms with van der Waals surface area (Å²) >= 11 is 0. The van der Waals surface area contributed by atoms with Gasteiger partial charge < -0.3 is 14.2 Å². The van der Waals surface area contributed by atoms with E-state index in [1.165, 1.54) is 32.8 Å². The first kappa shape index (κ1) is 28.1. The number of sulfone groups is 1. The molecule has 2 atom stereocenters. The van der Waals surface area contributed by atoms with Crippen molar-refractivity contribution < 1.29 is 22.6 Å². The maximum absolute atomic E-state index is 13.9. The van der Waals surface area contributed by atoms with Crippen LogP contribution in [0.15, 0.2) is 55.2 Å². The molecule has 4 rings (SSSR count). The summed E-state index contributed by atoms with van der Waals surface area (Å²) in [5, 5.41) is 7.76. The van der Waals surface area contributed by atoms with E-state index in [1.807, 2.05) is 26.8 Å². The monoisotopic (exact) mass is 552 g/mol. The minimum Gasteiger partial charge on any atom is -0.494 e. The van der Waals surface area contributed by atoms with Crippen LogP contribution in [0.5, 0.6) is 11.5 Å². The van der Waals surface area contributed by atoms with Crippen molar-refractivity contribution in [3.63, 3.8) is 0 Å². The van der Waals surface area contributed by atoms with Crippen LogP contribution in [0.3, 0.4) is 0 Å². The fraction of sp³-hybridized carbons (Fsp3) is 0.370. The number of hydrogen-bond acceptors (Lipinski definition) is 10. The minimum atomic E-state index is -3.87. The van der Waals surface area contributed by atoms with Gasteiger partial charge in [-0.3, -0.25) is 19.5 Å². The Morgan fingerprint density at radius 2 is 1.67 bits per heavy atom. The minimum absolute atomic E-state index is 0.184. The Morgan fingerprint density at radius 3 is 2.26 bits per heavy atom. The zero-order valence-corrected chi connectivity index (χ0v) is 23.6. The third-order valence-electron chi connectivity index (χ3n) is 6.11. The lowest BCUT2D eigenvalue weighted by Crippen LogP contribution is -2.31. The molecule has 0 unspecified atom stereocenters. The number of aromatic nitrogens is 6. The largest absolute Gasteiger partial charge is 0.494 e. The van der Waals surface area contributed by atoms with E-state index in [4.69, 9.17) is 14.2 Å². The smallest absolute Gasteiger partial charge is 0.170 e. The van der Waals surface area contributed by atoms with Crippen LogP contribution < -0.4 is 9.47 Å². The highest BCUT2D eigenvalue weighted by Gasteiger charge is 2.35. The van der Waals surface area contributed by atoms with Gasteiger partial charge >= 0.3 is 0 Å². The molecule has 0 saturated heterocycles. The molecule has 0 saturated carbocycles. The van der Waals surface area contributed by atoms with E-state index in [0.29, 0.717) is 34.3 Å². The van der Waals surface area contributed by atoms with Gasteiger partial charge in [-0.2, -0.15) is 0 Å². The van der Waals surface area contributed by atoms with E-state index in [0.717, 1.165) is 5.56 Å². The fourth-order valence-corrected chi connectivity index (χ4v) is 5.62. The van der Waals surface area contributed by atoms with Gasteiger partial charge in [0, 0.05) is 30.4 Å². The van der Waals surface area contributed by atoms with Crippen molar-refractivity contribution in [2.45, 2.75) is 50.9 Å². The zero-order valence-electron chi connectivity index (χ0n) is 22.8. The lowest BCUT2D eigenvalue weighted by Gasteiger charge is -2.25. The molecule has 206 valence electrons. The molecule has 11 nitrogen and oxygen atoms in total. The number of ether oxygens (including phenoxy) is 3. The van der Waals surface area contributed by atoms with E-state index < -0.39 is 26.9 Å². The predicted molar refractivity (Wildman–Crippen MR) is 146 cm³/mol. The first-order valence-corrected chi connectivity index (χ1v) is 14.1. The van der Waals surface area contributed by atoms with Crippen LogP contribution in [0, 0.1) is 6.92 Å². The molecule has 12 heteroatoms. The lowest BCUT2D eigenvalue weighted by atomic mass is 10.2. The van der Waals surface area contributed by atoms with Gasteiger partial charge in [0.15, 0.2) is 21.5 Å². The van der Waals surface area contributed by atoms with Gasteiger partial charge in [0.1, 0.15) is 29.0 Å². The molecular weight excluding hydrogens is 520 g/mol. The molecule has 0 N–H and O–H groups in total. The van der Waals surface area contributed by atoms with Crippen molar-refractivity contribution >= 4 is 9.84 Å². The standard InChI is InChI=1S/C27H32N6O5S/c1-17(2)38-26(21-15-28-10-11-30-21)19(4)39(34,35)16-24-31-32-27(20-12-18(3)13-29-14-20)33(24)25-22(36-5)8-7-9-23(25)37-6/h7-15,17,19,26H,16H2,1-6H3/t19-,26+/m1/s1. The lowest BCUT2D eigenvalue weighted by molar-refractivity contribution is 0.00384. The van der Waals surface area contributed by atoms with Crippen molar-refractivity contribution in [3.8, 4) is 28.6 Å². The maximum atomic E-state index is 13.9. The summed E-state index contributed by atoms with van der Waals surface area (Å²) in [6, 6.07) is 7.21.